The van der Waals surface area contributed by atoms with Crippen molar-refractivity contribution in [1.82, 2.24) is 10.5 Å². The molecule has 1 heterocycles. The van der Waals surface area contributed by atoms with Gasteiger partial charge in [0.2, 0.25) is 0 Å². The maximum Gasteiger partial charge on any atom is 0.138 e. The van der Waals surface area contributed by atoms with Gasteiger partial charge in [0, 0.05) is 18.7 Å². The van der Waals surface area contributed by atoms with E-state index in [-0.39, 0.29) is 0 Å². The zero-order valence-electron chi connectivity index (χ0n) is 11.5. The zero-order chi connectivity index (χ0) is 13.1. The number of aryl methyl sites for hydroxylation is 4. The molecule has 0 atom stereocenters. The molecule has 18 heavy (non-hydrogen) atoms. The Morgan fingerprint density at radius 1 is 1.00 bits per heavy atom. The van der Waals surface area contributed by atoms with Gasteiger partial charge < -0.3 is 9.84 Å². The van der Waals surface area contributed by atoms with Crippen LogP contribution in [0, 0.1) is 27.7 Å². The number of hydrogen-bond donors (Lipinski definition) is 1. The minimum absolute atomic E-state index is 0.800. The summed E-state index contributed by atoms with van der Waals surface area (Å²) in [4.78, 5) is 0. The summed E-state index contributed by atoms with van der Waals surface area (Å²) in [5.41, 5.74) is 6.08. The Hall–Kier alpha value is -1.61. The van der Waals surface area contributed by atoms with E-state index in [2.05, 4.69) is 42.5 Å². The minimum atomic E-state index is 0.800. The fourth-order valence-corrected chi connectivity index (χ4v) is 2.26. The molecule has 2 aromatic rings. The molecule has 96 valence electrons. The molecule has 0 radical (unpaired) electrons. The van der Waals surface area contributed by atoms with Crippen LogP contribution in [0.2, 0.25) is 0 Å². The SMILES string of the molecule is Cc1cc(C)cc(CNCc2c(C)noc2C)c1. The van der Waals surface area contributed by atoms with Crippen molar-refractivity contribution in [3.05, 3.63) is 51.9 Å². The maximum atomic E-state index is 5.15. The Bertz CT molecular complexity index is 504. The monoisotopic (exact) mass is 244 g/mol. The van der Waals surface area contributed by atoms with Gasteiger partial charge in [-0.1, -0.05) is 34.5 Å². The van der Waals surface area contributed by atoms with E-state index in [1.165, 1.54) is 22.3 Å². The van der Waals surface area contributed by atoms with Gasteiger partial charge in [0.15, 0.2) is 0 Å². The van der Waals surface area contributed by atoms with Gasteiger partial charge in [-0.15, -0.1) is 0 Å². The van der Waals surface area contributed by atoms with Gasteiger partial charge in [-0.05, 0) is 33.3 Å². The minimum Gasteiger partial charge on any atom is -0.361 e. The second kappa shape index (κ2) is 5.36. The highest BCUT2D eigenvalue weighted by Crippen LogP contribution is 2.12. The van der Waals surface area contributed by atoms with E-state index in [0.29, 0.717) is 0 Å². The molecule has 2 rings (SSSR count). The van der Waals surface area contributed by atoms with Crippen LogP contribution in [-0.2, 0) is 13.1 Å². The van der Waals surface area contributed by atoms with E-state index >= 15 is 0 Å². The lowest BCUT2D eigenvalue weighted by Gasteiger charge is -2.07. The van der Waals surface area contributed by atoms with E-state index in [0.717, 1.165) is 24.5 Å². The van der Waals surface area contributed by atoms with Crippen LogP contribution in [0.4, 0.5) is 0 Å². The molecule has 0 aliphatic rings. The highest BCUT2D eigenvalue weighted by molar-refractivity contribution is 5.28. The second-order valence-electron chi connectivity index (χ2n) is 4.90. The van der Waals surface area contributed by atoms with Crippen molar-refractivity contribution in [2.24, 2.45) is 0 Å². The van der Waals surface area contributed by atoms with E-state index in [1.807, 2.05) is 13.8 Å². The van der Waals surface area contributed by atoms with Gasteiger partial charge in [0.1, 0.15) is 5.76 Å². The van der Waals surface area contributed by atoms with Crippen LogP contribution in [-0.4, -0.2) is 5.16 Å². The zero-order valence-corrected chi connectivity index (χ0v) is 11.5. The number of benzene rings is 1. The number of nitrogens with one attached hydrogen (secondary N) is 1. The largest absolute Gasteiger partial charge is 0.361 e. The van der Waals surface area contributed by atoms with Crippen molar-refractivity contribution in [2.75, 3.05) is 0 Å². The molecule has 1 aromatic carbocycles. The molecule has 1 N–H and O–H groups in total. The van der Waals surface area contributed by atoms with Crippen molar-refractivity contribution >= 4 is 0 Å². The average molecular weight is 244 g/mol. The van der Waals surface area contributed by atoms with Crippen molar-refractivity contribution < 1.29 is 4.52 Å². The van der Waals surface area contributed by atoms with Crippen LogP contribution in [0.15, 0.2) is 22.7 Å². The predicted molar refractivity (Wildman–Crippen MR) is 72.4 cm³/mol. The van der Waals surface area contributed by atoms with Crippen LogP contribution in [0.1, 0.15) is 33.7 Å². The Morgan fingerprint density at radius 3 is 2.22 bits per heavy atom. The summed E-state index contributed by atoms with van der Waals surface area (Å²) in [6.45, 7) is 9.86. The Labute approximate surface area is 108 Å². The van der Waals surface area contributed by atoms with Gasteiger partial charge in [0.25, 0.3) is 0 Å². The van der Waals surface area contributed by atoms with Gasteiger partial charge in [-0.25, -0.2) is 0 Å². The number of nitrogens with zero attached hydrogens (tertiary/aromatic N) is 1. The first-order chi connectivity index (χ1) is 8.56. The molecule has 0 spiro atoms. The van der Waals surface area contributed by atoms with E-state index < -0.39 is 0 Å². The summed E-state index contributed by atoms with van der Waals surface area (Å²) in [6.07, 6.45) is 0. The molecule has 1 aromatic heterocycles. The Balaban J connectivity index is 1.96. The molecule has 0 aliphatic carbocycles. The van der Waals surface area contributed by atoms with Crippen LogP contribution in [0.25, 0.3) is 0 Å². The normalized spacial score (nSPS) is 10.9. The fraction of sp³-hybridized carbons (Fsp3) is 0.400. The number of rotatable bonds is 4. The number of hydrogen-bond acceptors (Lipinski definition) is 3. The van der Waals surface area contributed by atoms with E-state index in [1.54, 1.807) is 0 Å². The molecule has 0 saturated carbocycles. The first kappa shape index (κ1) is 12.8. The van der Waals surface area contributed by atoms with Crippen molar-refractivity contribution in [3.8, 4) is 0 Å². The first-order valence-corrected chi connectivity index (χ1v) is 6.26. The van der Waals surface area contributed by atoms with E-state index in [9.17, 15) is 0 Å². The van der Waals surface area contributed by atoms with Gasteiger partial charge in [0.05, 0.1) is 5.69 Å². The lowest BCUT2D eigenvalue weighted by Crippen LogP contribution is -2.13. The van der Waals surface area contributed by atoms with E-state index in [4.69, 9.17) is 4.52 Å². The molecule has 0 fully saturated rings. The molecule has 0 bridgehead atoms. The van der Waals surface area contributed by atoms with Crippen molar-refractivity contribution in [3.63, 3.8) is 0 Å². The molecular weight excluding hydrogens is 224 g/mol. The summed E-state index contributed by atoms with van der Waals surface area (Å²) in [6, 6.07) is 6.62. The molecular formula is C15H20N2O. The van der Waals surface area contributed by atoms with Crippen molar-refractivity contribution in [1.29, 1.82) is 0 Å². The van der Waals surface area contributed by atoms with Crippen LogP contribution in [0.5, 0.6) is 0 Å². The van der Waals surface area contributed by atoms with Crippen LogP contribution >= 0.6 is 0 Å². The third-order valence-corrected chi connectivity index (χ3v) is 3.09. The molecule has 0 unspecified atom stereocenters. The smallest absolute Gasteiger partial charge is 0.138 e. The molecule has 0 amide bonds. The Kier molecular flexibility index (Phi) is 3.82. The summed E-state index contributed by atoms with van der Waals surface area (Å²) >= 11 is 0. The van der Waals surface area contributed by atoms with Gasteiger partial charge >= 0.3 is 0 Å². The summed E-state index contributed by atoms with van der Waals surface area (Å²) in [5, 5.41) is 7.40. The van der Waals surface area contributed by atoms with Crippen LogP contribution in [0.3, 0.4) is 0 Å². The quantitative estimate of drug-likeness (QED) is 0.897. The van der Waals surface area contributed by atoms with Gasteiger partial charge in [-0.2, -0.15) is 0 Å². The summed E-state index contributed by atoms with van der Waals surface area (Å²) < 4.78 is 5.15. The fourth-order valence-electron chi connectivity index (χ4n) is 2.26. The molecule has 0 saturated heterocycles. The Morgan fingerprint density at radius 2 is 1.67 bits per heavy atom. The predicted octanol–water partition coefficient (Wildman–Crippen LogP) is 3.20. The lowest BCUT2D eigenvalue weighted by molar-refractivity contribution is 0.392. The molecule has 3 nitrogen and oxygen atoms in total. The highest BCUT2D eigenvalue weighted by Gasteiger charge is 2.07. The highest BCUT2D eigenvalue weighted by atomic mass is 16.5. The second-order valence-corrected chi connectivity index (χ2v) is 4.90. The molecule has 0 aliphatic heterocycles. The first-order valence-electron chi connectivity index (χ1n) is 6.26. The lowest BCUT2D eigenvalue weighted by atomic mass is 10.1. The number of aromatic nitrogens is 1. The average Bonchev–Trinajstić information content (AvgIpc) is 2.59. The topological polar surface area (TPSA) is 38.1 Å². The third kappa shape index (κ3) is 2.99. The van der Waals surface area contributed by atoms with Crippen molar-refractivity contribution in [2.45, 2.75) is 40.8 Å². The van der Waals surface area contributed by atoms with Gasteiger partial charge in [-0.3, -0.25) is 0 Å². The molecule has 3 heteroatoms. The maximum absolute atomic E-state index is 5.15. The third-order valence-electron chi connectivity index (χ3n) is 3.09. The summed E-state index contributed by atoms with van der Waals surface area (Å²) in [5.74, 6) is 0.903. The standard InChI is InChI=1S/C15H20N2O/c1-10-5-11(2)7-14(6-10)8-16-9-15-12(3)17-18-13(15)4/h5-7,16H,8-9H2,1-4H3. The summed E-state index contributed by atoms with van der Waals surface area (Å²) in [7, 11) is 0. The van der Waals surface area contributed by atoms with Crippen LogP contribution < -0.4 is 5.32 Å².